The molecular formula is C90H52N8O2S2. The Morgan fingerprint density at radius 2 is 0.775 bits per heavy atom. The van der Waals surface area contributed by atoms with Gasteiger partial charge in [0.05, 0.1) is 64.6 Å². The fourth-order valence-electron chi connectivity index (χ4n) is 13.1. The van der Waals surface area contributed by atoms with E-state index in [1.807, 2.05) is 0 Å². The molecule has 0 saturated heterocycles. The number of thiophene rings is 2. The standard InChI is InChI=1S/2C45H26N4OS/c2*1-3-12-27(13-4-1)30-18-11-20-37-40(30)34-23-22-29(26-38(34)50-37)44-46-43(28-14-5-2-6-15-28)47-45(48-44)49-35-19-9-7-17-33(35)41-36(49)25-24-32-31-16-8-10-21-39(31)51-42(32)41/h2*1-26H/i7D,8D,9D,10D,11D,16D,17D,18D,19D,20D,21D,22D,23D,24D,25D,26D;1D,3D,4D,7D,8D,9D,10D,12D,13D,16D,17D,19D,21D,24D,25D. The minimum absolute atomic E-state index is 0.0113. The van der Waals surface area contributed by atoms with Crippen molar-refractivity contribution in [3.63, 3.8) is 0 Å². The van der Waals surface area contributed by atoms with E-state index in [1.54, 1.807) is 127 Å². The molecule has 14 aromatic carbocycles. The molecule has 10 nitrogen and oxygen atoms in total. The Morgan fingerprint density at radius 3 is 1.37 bits per heavy atom. The van der Waals surface area contributed by atoms with Gasteiger partial charge in [0, 0.05) is 106 Å². The molecule has 12 heteroatoms. The van der Waals surface area contributed by atoms with Crippen molar-refractivity contribution < 1.29 is 51.3 Å². The lowest BCUT2D eigenvalue weighted by atomic mass is 9.99. The highest BCUT2D eigenvalue weighted by molar-refractivity contribution is 7.27. The fourth-order valence-corrected chi connectivity index (χ4v) is 15.3. The van der Waals surface area contributed by atoms with Gasteiger partial charge in [-0.1, -0.05) is 242 Å². The van der Waals surface area contributed by atoms with E-state index >= 15 is 0 Å². The van der Waals surface area contributed by atoms with Gasteiger partial charge in [0.25, 0.3) is 0 Å². The largest absolute Gasteiger partial charge is 0.456 e. The highest BCUT2D eigenvalue weighted by Crippen LogP contribution is 2.47. The van der Waals surface area contributed by atoms with E-state index in [2.05, 4.69) is 0 Å². The summed E-state index contributed by atoms with van der Waals surface area (Å²) in [6, 6.07) is 21.1. The van der Waals surface area contributed by atoms with Crippen LogP contribution in [0, 0.1) is 0 Å². The van der Waals surface area contributed by atoms with E-state index in [9.17, 15) is 15.1 Å². The van der Waals surface area contributed by atoms with Gasteiger partial charge in [-0.05, 0) is 94.8 Å². The van der Waals surface area contributed by atoms with Crippen molar-refractivity contribution in [2.45, 2.75) is 0 Å². The van der Waals surface area contributed by atoms with Gasteiger partial charge in [-0.15, -0.1) is 22.7 Å². The maximum Gasteiger partial charge on any atom is 0.238 e. The predicted octanol–water partition coefficient (Wildman–Crippen LogP) is 24.5. The molecular weight excluding hydrogens is 1290 g/mol. The number of benzene rings is 14. The van der Waals surface area contributed by atoms with Crippen molar-refractivity contribution in [3.05, 3.63) is 315 Å². The van der Waals surface area contributed by atoms with Gasteiger partial charge in [-0.2, -0.15) is 19.9 Å². The van der Waals surface area contributed by atoms with Gasteiger partial charge in [-0.3, -0.25) is 9.13 Å². The van der Waals surface area contributed by atoms with Crippen molar-refractivity contribution in [2.24, 2.45) is 0 Å². The average Bonchev–Trinajstić information content (AvgIpc) is 1.53. The summed E-state index contributed by atoms with van der Waals surface area (Å²) >= 11 is 1.82. The second-order valence-corrected chi connectivity index (χ2v) is 25.3. The van der Waals surface area contributed by atoms with Gasteiger partial charge in [0.1, 0.15) is 22.3 Å². The summed E-state index contributed by atoms with van der Waals surface area (Å²) in [5, 5.41) is 1.14. The van der Waals surface area contributed by atoms with Gasteiger partial charge in [-0.25, -0.2) is 9.97 Å². The quantitative estimate of drug-likeness (QED) is 0.148. The zero-order valence-corrected chi connectivity index (χ0v) is 53.5. The first-order chi connectivity index (χ1) is 63.5. The van der Waals surface area contributed by atoms with Crippen molar-refractivity contribution in [2.75, 3.05) is 0 Å². The van der Waals surface area contributed by atoms with Crippen LogP contribution in [0.1, 0.15) is 42.5 Å². The van der Waals surface area contributed by atoms with Crippen molar-refractivity contribution in [1.82, 2.24) is 39.0 Å². The van der Waals surface area contributed by atoms with E-state index < -0.39 is 157 Å². The first kappa shape index (κ1) is 35.0. The molecule has 102 heavy (non-hydrogen) atoms. The lowest BCUT2D eigenvalue weighted by molar-refractivity contribution is 0.668. The van der Waals surface area contributed by atoms with E-state index in [1.165, 1.54) is 9.13 Å². The molecule has 22 rings (SSSR count). The van der Waals surface area contributed by atoms with Crippen LogP contribution in [0.25, 0.3) is 208 Å². The maximum absolute atomic E-state index is 9.60. The van der Waals surface area contributed by atoms with E-state index in [0.717, 1.165) is 22.7 Å². The molecule has 8 aromatic heterocycles. The Balaban J connectivity index is 0.000000160. The van der Waals surface area contributed by atoms with Crippen LogP contribution in [-0.4, -0.2) is 39.0 Å². The van der Waals surface area contributed by atoms with Gasteiger partial charge in [0.2, 0.25) is 11.9 Å². The molecule has 8 heterocycles. The zero-order valence-electron chi connectivity index (χ0n) is 82.8. The number of nitrogens with zero attached hydrogens (tertiary/aromatic N) is 8. The number of hydrogen-bond donors (Lipinski definition) is 0. The smallest absolute Gasteiger partial charge is 0.238 e. The van der Waals surface area contributed by atoms with Crippen LogP contribution in [-0.2, 0) is 0 Å². The van der Waals surface area contributed by atoms with E-state index in [0.29, 0.717) is 49.8 Å². The fraction of sp³-hybridized carbons (Fsp3) is 0. The monoisotopic (exact) mass is 1370 g/mol. The van der Waals surface area contributed by atoms with Gasteiger partial charge < -0.3 is 8.83 Å². The number of aromatic nitrogens is 8. The molecule has 22 aromatic rings. The zero-order chi connectivity index (χ0) is 93.9. The molecule has 0 bridgehead atoms. The summed E-state index contributed by atoms with van der Waals surface area (Å²) in [4.78, 5) is 28.8. The Hall–Kier alpha value is -13.3. The number of fused-ring (bicyclic) bond motifs is 20. The first-order valence-corrected chi connectivity index (χ1v) is 33.0. The summed E-state index contributed by atoms with van der Waals surface area (Å²) in [5.74, 6) is -0.760. The second-order valence-electron chi connectivity index (χ2n) is 23.3. The third-order valence-electron chi connectivity index (χ3n) is 17.5. The maximum atomic E-state index is 9.60. The Kier molecular flexibility index (Phi) is 7.95. The third-order valence-corrected chi connectivity index (χ3v) is 19.8. The molecule has 0 spiro atoms. The molecule has 476 valence electrons. The lowest BCUT2D eigenvalue weighted by Gasteiger charge is -2.11. The Morgan fingerprint density at radius 1 is 0.275 bits per heavy atom. The summed E-state index contributed by atoms with van der Waals surface area (Å²) in [5.41, 5.74) is 1.74. The van der Waals surface area contributed by atoms with Crippen molar-refractivity contribution >= 4 is 151 Å². The highest BCUT2D eigenvalue weighted by Gasteiger charge is 2.25. The van der Waals surface area contributed by atoms with Crippen LogP contribution >= 0.6 is 22.7 Å². The number of hydrogen-bond acceptors (Lipinski definition) is 10. The summed E-state index contributed by atoms with van der Waals surface area (Å²) < 4.78 is 291. The minimum atomic E-state index is -0.657. The van der Waals surface area contributed by atoms with Crippen LogP contribution in [0.3, 0.4) is 0 Å². The molecule has 0 aliphatic heterocycles. The SMILES string of the molecule is [2H]c1c([2H])c(-c2ccccc2)c2c(oc3c([2H])c(-c4nc(-c5ccccc5)nc(-n5c6c([2H])c([2H])c([2H])c([2H])c6c6c7sc8c([2H])c([2H])c([2H])c([2H])c8c7c([2H])c([2H])c65)n4)c([2H])c([2H])c32)c1[2H].[2H]c1c([2H])c([2H])c(-c2cccc3oc4cc(-c5nc(-c6ccccc6)nc(-n6c7c([2H])c([2H])c([2H])c([2H])c7c7c8sc9c([2H])c([2H])c([2H])c([2H])c9c8c([2H])c([2H])c76)n5)ccc4c23)c([2H])c1[2H]. The molecule has 0 aliphatic carbocycles. The molecule has 0 aliphatic rings. The van der Waals surface area contributed by atoms with Crippen LogP contribution in [0.4, 0.5) is 0 Å². The van der Waals surface area contributed by atoms with Crippen LogP contribution < -0.4 is 0 Å². The number of para-hydroxylation sites is 2. The molecule has 0 atom stereocenters. The number of furan rings is 2. The van der Waals surface area contributed by atoms with Crippen molar-refractivity contribution in [3.8, 4) is 79.7 Å². The van der Waals surface area contributed by atoms with Crippen molar-refractivity contribution in [1.29, 1.82) is 0 Å². The first-order valence-electron chi connectivity index (χ1n) is 46.9. The molecule has 0 radical (unpaired) electrons. The van der Waals surface area contributed by atoms with Crippen LogP contribution in [0.2, 0.25) is 0 Å². The summed E-state index contributed by atoms with van der Waals surface area (Å²) in [7, 11) is 0. The average molecular weight is 1370 g/mol. The normalized spacial score (nSPS) is 16.2. The Bertz CT molecular complexity index is 9090. The molecule has 0 unspecified atom stereocenters. The molecule has 0 N–H and O–H groups in total. The Labute approximate surface area is 633 Å². The molecule has 0 fully saturated rings. The summed E-state index contributed by atoms with van der Waals surface area (Å²) in [6.45, 7) is 0. The molecule has 0 saturated carbocycles. The minimum Gasteiger partial charge on any atom is -0.456 e. The lowest BCUT2D eigenvalue weighted by Crippen LogP contribution is -2.06. The number of rotatable bonds is 8. The molecule has 0 amide bonds. The van der Waals surface area contributed by atoms with E-state index in [4.69, 9.17) is 66.2 Å². The van der Waals surface area contributed by atoms with Crippen LogP contribution in [0.15, 0.2) is 324 Å². The topological polar surface area (TPSA) is 113 Å². The van der Waals surface area contributed by atoms with Gasteiger partial charge >= 0.3 is 0 Å². The van der Waals surface area contributed by atoms with Gasteiger partial charge in [0.15, 0.2) is 23.3 Å². The highest BCUT2D eigenvalue weighted by atomic mass is 32.1. The predicted molar refractivity (Wildman–Crippen MR) is 421 cm³/mol. The third kappa shape index (κ3) is 9.24. The summed E-state index contributed by atoms with van der Waals surface area (Å²) in [6.07, 6.45) is 0. The van der Waals surface area contributed by atoms with E-state index in [-0.39, 0.29) is 188 Å². The van der Waals surface area contributed by atoms with Crippen LogP contribution in [0.5, 0.6) is 0 Å². The second kappa shape index (κ2) is 23.2.